The zero-order valence-electron chi connectivity index (χ0n) is 13.6. The minimum Gasteiger partial charge on any atom is -0.479 e. The molecule has 0 aliphatic rings. The van der Waals surface area contributed by atoms with E-state index in [0.717, 1.165) is 0 Å². The van der Waals surface area contributed by atoms with Gasteiger partial charge in [0.15, 0.2) is 6.10 Å². The summed E-state index contributed by atoms with van der Waals surface area (Å²) in [5, 5.41) is 29.7. The number of carboxylic acid groups (broad SMARTS) is 1. The summed E-state index contributed by atoms with van der Waals surface area (Å²) in [5.41, 5.74) is 0. The molecule has 0 radical (unpaired) electrons. The Balaban J connectivity index is 0.000000506. The first-order chi connectivity index (χ1) is 11.0. The molecule has 1 rings (SSSR count). The number of aliphatic carboxylic acids is 1. The molecule has 0 saturated heterocycles. The zero-order valence-corrected chi connectivity index (χ0v) is 15.9. The second-order valence-corrected chi connectivity index (χ2v) is 6.37. The fourth-order valence-electron chi connectivity index (χ4n) is 1.34. The highest BCUT2D eigenvalue weighted by atomic mass is 35.5. The van der Waals surface area contributed by atoms with Gasteiger partial charge in [0.05, 0.1) is 27.3 Å². The molecule has 1 aromatic carbocycles. The van der Waals surface area contributed by atoms with Gasteiger partial charge in [0, 0.05) is 19.2 Å². The van der Waals surface area contributed by atoms with Crippen LogP contribution in [0.5, 0.6) is 5.75 Å². The van der Waals surface area contributed by atoms with Crippen LogP contribution in [0.4, 0.5) is 0 Å². The van der Waals surface area contributed by atoms with E-state index in [2.05, 4.69) is 5.32 Å². The SMILES string of the molecule is CC(O)CNCC(C)O.CC(Oc1cc(Cl)c(Cl)cc1Cl)C(=O)O. The lowest BCUT2D eigenvalue weighted by Gasteiger charge is -2.12. The minimum absolute atomic E-state index is 0.195. The number of nitrogens with one attached hydrogen (secondary N) is 1. The van der Waals surface area contributed by atoms with E-state index >= 15 is 0 Å². The maximum atomic E-state index is 10.5. The Kier molecular flexibility index (Phi) is 11.4. The second kappa shape index (κ2) is 11.7. The number of aliphatic hydroxyl groups is 2. The molecule has 0 bridgehead atoms. The van der Waals surface area contributed by atoms with Gasteiger partial charge in [0.1, 0.15) is 5.75 Å². The van der Waals surface area contributed by atoms with Crippen LogP contribution in [0, 0.1) is 0 Å². The molecule has 4 N–H and O–H groups in total. The Hall–Kier alpha value is -0.760. The third kappa shape index (κ3) is 10.2. The topological polar surface area (TPSA) is 99.0 Å². The molecule has 0 heterocycles. The largest absolute Gasteiger partial charge is 0.479 e. The van der Waals surface area contributed by atoms with Crippen LogP contribution in [0.2, 0.25) is 15.1 Å². The Labute approximate surface area is 156 Å². The third-order valence-corrected chi connectivity index (χ3v) is 3.52. The molecule has 9 heteroatoms. The van der Waals surface area contributed by atoms with Crippen molar-refractivity contribution in [3.05, 3.63) is 27.2 Å². The molecule has 1 aromatic rings. The van der Waals surface area contributed by atoms with Gasteiger partial charge in [0.2, 0.25) is 0 Å². The first-order valence-electron chi connectivity index (χ1n) is 7.15. The van der Waals surface area contributed by atoms with Gasteiger partial charge in [-0.05, 0) is 26.8 Å². The highest BCUT2D eigenvalue weighted by Crippen LogP contribution is 2.34. The number of carboxylic acids is 1. The summed E-state index contributed by atoms with van der Waals surface area (Å²) >= 11 is 17.2. The van der Waals surface area contributed by atoms with Gasteiger partial charge in [-0.15, -0.1) is 0 Å². The van der Waals surface area contributed by atoms with E-state index in [0.29, 0.717) is 13.1 Å². The Morgan fingerprint density at radius 3 is 1.92 bits per heavy atom. The Bertz CT molecular complexity index is 518. The first-order valence-corrected chi connectivity index (χ1v) is 8.28. The van der Waals surface area contributed by atoms with Crippen LogP contribution in [0.3, 0.4) is 0 Å². The van der Waals surface area contributed by atoms with Crippen molar-refractivity contribution in [2.24, 2.45) is 0 Å². The third-order valence-electron chi connectivity index (χ3n) is 2.51. The molecular formula is C15H22Cl3NO5. The van der Waals surface area contributed by atoms with Crippen molar-refractivity contribution >= 4 is 40.8 Å². The van der Waals surface area contributed by atoms with Crippen molar-refractivity contribution < 1.29 is 24.9 Å². The summed E-state index contributed by atoms with van der Waals surface area (Å²) in [6, 6.07) is 2.78. The van der Waals surface area contributed by atoms with Crippen LogP contribution in [-0.4, -0.2) is 52.7 Å². The molecule has 0 fully saturated rings. The molecule has 24 heavy (non-hydrogen) atoms. The molecule has 138 valence electrons. The number of rotatable bonds is 7. The van der Waals surface area contributed by atoms with Crippen molar-refractivity contribution in [1.82, 2.24) is 5.32 Å². The molecule has 3 unspecified atom stereocenters. The molecule has 0 aliphatic heterocycles. The number of benzene rings is 1. The summed E-state index contributed by atoms with van der Waals surface area (Å²) in [5.74, 6) is -0.891. The van der Waals surface area contributed by atoms with E-state index < -0.39 is 12.1 Å². The summed E-state index contributed by atoms with van der Waals surface area (Å²) < 4.78 is 5.07. The standard InChI is InChI=1S/C9H7Cl3O3.C6H15NO2/c1-4(9(13)14)15-8-3-6(11)5(10)2-7(8)12;1-5(8)3-7-4-6(2)9/h2-4H,1H3,(H,13,14);5-9H,3-4H2,1-2H3. The molecule has 0 aliphatic carbocycles. The van der Waals surface area contributed by atoms with E-state index in [1.165, 1.54) is 19.1 Å². The summed E-state index contributed by atoms with van der Waals surface area (Å²) in [7, 11) is 0. The maximum absolute atomic E-state index is 10.5. The average molecular weight is 403 g/mol. The lowest BCUT2D eigenvalue weighted by Crippen LogP contribution is -2.30. The fraction of sp³-hybridized carbons (Fsp3) is 0.533. The van der Waals surface area contributed by atoms with Crippen LogP contribution in [0.25, 0.3) is 0 Å². The van der Waals surface area contributed by atoms with Crippen molar-refractivity contribution in [2.75, 3.05) is 13.1 Å². The van der Waals surface area contributed by atoms with Crippen LogP contribution >= 0.6 is 34.8 Å². The number of hydrogen-bond donors (Lipinski definition) is 4. The van der Waals surface area contributed by atoms with Crippen molar-refractivity contribution in [3.63, 3.8) is 0 Å². The predicted molar refractivity (Wildman–Crippen MR) is 95.4 cm³/mol. The molecule has 0 amide bonds. The van der Waals surface area contributed by atoms with Gasteiger partial charge >= 0.3 is 5.97 Å². The van der Waals surface area contributed by atoms with Gasteiger partial charge in [-0.2, -0.15) is 0 Å². The van der Waals surface area contributed by atoms with Gasteiger partial charge in [-0.25, -0.2) is 4.79 Å². The normalized spacial score (nSPS) is 14.2. The zero-order chi connectivity index (χ0) is 18.9. The summed E-state index contributed by atoms with van der Waals surface area (Å²) in [6.07, 6.45) is -1.66. The average Bonchev–Trinajstić information content (AvgIpc) is 2.44. The van der Waals surface area contributed by atoms with Crippen molar-refractivity contribution in [1.29, 1.82) is 0 Å². The number of aliphatic hydroxyl groups excluding tert-OH is 2. The highest BCUT2D eigenvalue weighted by Gasteiger charge is 2.15. The molecule has 0 spiro atoms. The molecule has 6 nitrogen and oxygen atoms in total. The predicted octanol–water partition coefficient (Wildman–Crippen LogP) is 2.84. The van der Waals surface area contributed by atoms with Crippen LogP contribution < -0.4 is 10.1 Å². The molecule has 0 aromatic heterocycles. The quantitative estimate of drug-likeness (QED) is 0.523. The Morgan fingerprint density at radius 1 is 1.04 bits per heavy atom. The number of ether oxygens (including phenoxy) is 1. The smallest absolute Gasteiger partial charge is 0.344 e. The number of hydrogen-bond acceptors (Lipinski definition) is 5. The first kappa shape index (κ1) is 23.2. The number of carbonyl (C=O) groups is 1. The van der Waals surface area contributed by atoms with Crippen molar-refractivity contribution in [2.45, 2.75) is 39.1 Å². The van der Waals surface area contributed by atoms with Gasteiger partial charge in [0.25, 0.3) is 0 Å². The second-order valence-electron chi connectivity index (χ2n) is 5.15. The maximum Gasteiger partial charge on any atom is 0.344 e. The molecule has 3 atom stereocenters. The van der Waals surface area contributed by atoms with E-state index in [1.807, 2.05) is 0 Å². The molecular weight excluding hydrogens is 381 g/mol. The van der Waals surface area contributed by atoms with Gasteiger partial charge in [-0.3, -0.25) is 0 Å². The molecule has 0 saturated carbocycles. The van der Waals surface area contributed by atoms with E-state index in [1.54, 1.807) is 13.8 Å². The van der Waals surface area contributed by atoms with Gasteiger partial charge < -0.3 is 25.4 Å². The summed E-state index contributed by atoms with van der Waals surface area (Å²) in [4.78, 5) is 10.5. The van der Waals surface area contributed by atoms with E-state index in [4.69, 9.17) is 54.9 Å². The highest BCUT2D eigenvalue weighted by molar-refractivity contribution is 6.43. The minimum atomic E-state index is -1.09. The number of halogens is 3. The van der Waals surface area contributed by atoms with E-state index in [9.17, 15) is 4.79 Å². The fourth-order valence-corrected chi connectivity index (χ4v) is 1.92. The summed E-state index contributed by atoms with van der Waals surface area (Å²) in [6.45, 7) is 5.89. The van der Waals surface area contributed by atoms with E-state index in [-0.39, 0.29) is 33.0 Å². The van der Waals surface area contributed by atoms with Crippen LogP contribution in [-0.2, 0) is 4.79 Å². The van der Waals surface area contributed by atoms with Gasteiger partial charge in [-0.1, -0.05) is 34.8 Å². The monoisotopic (exact) mass is 401 g/mol. The van der Waals surface area contributed by atoms with Crippen LogP contribution in [0.15, 0.2) is 12.1 Å². The lowest BCUT2D eigenvalue weighted by molar-refractivity contribution is -0.144. The lowest BCUT2D eigenvalue weighted by atomic mass is 10.3. The Morgan fingerprint density at radius 2 is 1.50 bits per heavy atom. The van der Waals surface area contributed by atoms with Crippen molar-refractivity contribution in [3.8, 4) is 5.75 Å². The van der Waals surface area contributed by atoms with Crippen LogP contribution in [0.1, 0.15) is 20.8 Å².